The zero-order valence-electron chi connectivity index (χ0n) is 24.7. The predicted molar refractivity (Wildman–Crippen MR) is 189 cm³/mol. The lowest BCUT2D eigenvalue weighted by Crippen LogP contribution is -2.05. The van der Waals surface area contributed by atoms with Crippen LogP contribution >= 0.6 is 0 Å². The standard InChI is InChI=1S/C41H25N5/c1-2-14-28(15-3-1)45-35-21-8-6-16-29(35)31-18-10-19-32(39(31)45)38-41(43-34-20-11-23-42-40(34)44-38)46-36-22-9-7-17-30(36)33-24-26-12-4-5-13-27(26)25-37(33)46/h1-25H. The van der Waals surface area contributed by atoms with Gasteiger partial charge in [0.05, 0.1) is 22.1 Å². The Balaban J connectivity index is 1.40. The van der Waals surface area contributed by atoms with Crippen LogP contribution in [0.1, 0.15) is 0 Å². The molecule has 0 saturated carbocycles. The molecular formula is C41H25N5. The number of fused-ring (bicyclic) bond motifs is 8. The number of pyridine rings is 1. The lowest BCUT2D eigenvalue weighted by molar-refractivity contribution is 1.07. The highest BCUT2D eigenvalue weighted by atomic mass is 15.1. The van der Waals surface area contributed by atoms with Gasteiger partial charge >= 0.3 is 0 Å². The van der Waals surface area contributed by atoms with Crippen LogP contribution in [0.2, 0.25) is 0 Å². The Morgan fingerprint density at radius 3 is 1.96 bits per heavy atom. The SMILES string of the molecule is c1ccc(-n2c3ccccc3c3cccc(-c4nc5ncccc5nc4-n4c5ccccc5c5cc6ccccc6cc54)c32)cc1. The molecule has 0 fully saturated rings. The first kappa shape index (κ1) is 25.0. The van der Waals surface area contributed by atoms with Crippen molar-refractivity contribution >= 4 is 65.5 Å². The van der Waals surface area contributed by atoms with Crippen molar-refractivity contribution in [1.82, 2.24) is 24.1 Å². The van der Waals surface area contributed by atoms with Gasteiger partial charge in [0, 0.05) is 39.0 Å². The Bertz CT molecular complexity index is 2810. The van der Waals surface area contributed by atoms with Crippen LogP contribution in [0.15, 0.2) is 152 Å². The molecule has 0 amide bonds. The van der Waals surface area contributed by atoms with Gasteiger partial charge in [0.1, 0.15) is 11.2 Å². The average Bonchev–Trinajstić information content (AvgIpc) is 3.63. The van der Waals surface area contributed by atoms with Gasteiger partial charge in [-0.15, -0.1) is 0 Å². The highest BCUT2D eigenvalue weighted by Crippen LogP contribution is 2.41. The molecule has 0 radical (unpaired) electrons. The molecule has 214 valence electrons. The minimum absolute atomic E-state index is 0.617. The highest BCUT2D eigenvalue weighted by Gasteiger charge is 2.23. The zero-order valence-corrected chi connectivity index (χ0v) is 24.7. The Morgan fingerprint density at radius 1 is 0.457 bits per heavy atom. The second-order valence-corrected chi connectivity index (χ2v) is 11.7. The fourth-order valence-corrected chi connectivity index (χ4v) is 7.16. The van der Waals surface area contributed by atoms with E-state index in [2.05, 4.69) is 148 Å². The molecule has 5 nitrogen and oxygen atoms in total. The van der Waals surface area contributed by atoms with Crippen molar-refractivity contribution in [2.45, 2.75) is 0 Å². The molecule has 46 heavy (non-hydrogen) atoms. The van der Waals surface area contributed by atoms with Crippen molar-refractivity contribution in [1.29, 1.82) is 0 Å². The van der Waals surface area contributed by atoms with Gasteiger partial charge in [-0.25, -0.2) is 15.0 Å². The molecule has 10 rings (SSSR count). The molecule has 0 atom stereocenters. The number of benzene rings is 6. The van der Waals surface area contributed by atoms with Crippen LogP contribution in [-0.4, -0.2) is 24.1 Å². The third-order valence-corrected chi connectivity index (χ3v) is 9.14. The van der Waals surface area contributed by atoms with Crippen molar-refractivity contribution in [2.24, 2.45) is 0 Å². The summed E-state index contributed by atoms with van der Waals surface area (Å²) in [5, 5.41) is 7.12. The van der Waals surface area contributed by atoms with Crippen LogP contribution < -0.4 is 0 Å². The second kappa shape index (κ2) is 9.58. The van der Waals surface area contributed by atoms with E-state index >= 15 is 0 Å². The first-order valence-corrected chi connectivity index (χ1v) is 15.5. The molecule has 0 spiro atoms. The molecule has 10 aromatic rings. The highest BCUT2D eigenvalue weighted by molar-refractivity contribution is 6.16. The number of aromatic nitrogens is 5. The monoisotopic (exact) mass is 587 g/mol. The van der Waals surface area contributed by atoms with Gasteiger partial charge < -0.3 is 4.57 Å². The number of hydrogen-bond acceptors (Lipinski definition) is 3. The predicted octanol–water partition coefficient (Wildman–Crippen LogP) is 10.0. The molecule has 6 aromatic carbocycles. The summed E-state index contributed by atoms with van der Waals surface area (Å²) in [6.07, 6.45) is 1.79. The minimum atomic E-state index is 0.617. The number of rotatable bonds is 3. The van der Waals surface area contributed by atoms with Crippen LogP contribution in [0.25, 0.3) is 88.3 Å². The van der Waals surface area contributed by atoms with Gasteiger partial charge in [-0.05, 0) is 59.3 Å². The molecule has 0 aliphatic rings. The van der Waals surface area contributed by atoms with Crippen molar-refractivity contribution in [2.75, 3.05) is 0 Å². The molecule has 0 saturated heterocycles. The van der Waals surface area contributed by atoms with Crippen LogP contribution in [0.5, 0.6) is 0 Å². The second-order valence-electron chi connectivity index (χ2n) is 11.7. The van der Waals surface area contributed by atoms with Crippen molar-refractivity contribution in [3.05, 3.63) is 152 Å². The summed E-state index contributed by atoms with van der Waals surface area (Å²) in [5.41, 5.74) is 8.66. The first-order valence-electron chi connectivity index (χ1n) is 15.5. The summed E-state index contributed by atoms with van der Waals surface area (Å²) in [5.74, 6) is 0.777. The van der Waals surface area contributed by atoms with Crippen molar-refractivity contribution < 1.29 is 0 Å². The minimum Gasteiger partial charge on any atom is -0.309 e. The smallest absolute Gasteiger partial charge is 0.178 e. The maximum atomic E-state index is 5.37. The Morgan fingerprint density at radius 2 is 1.13 bits per heavy atom. The summed E-state index contributed by atoms with van der Waals surface area (Å²) in [7, 11) is 0. The van der Waals surface area contributed by atoms with Gasteiger partial charge in [-0.2, -0.15) is 0 Å². The van der Waals surface area contributed by atoms with E-state index in [1.165, 1.54) is 32.3 Å². The first-order chi connectivity index (χ1) is 22.8. The Kier molecular flexibility index (Phi) is 5.22. The number of para-hydroxylation sites is 4. The maximum absolute atomic E-state index is 5.37. The zero-order chi connectivity index (χ0) is 30.2. The summed E-state index contributed by atoms with van der Waals surface area (Å²) < 4.78 is 4.65. The fourth-order valence-electron chi connectivity index (χ4n) is 7.16. The van der Waals surface area contributed by atoms with Gasteiger partial charge in [-0.1, -0.05) is 97.1 Å². The molecular weight excluding hydrogens is 562 g/mol. The number of hydrogen-bond donors (Lipinski definition) is 0. The van der Waals surface area contributed by atoms with Crippen LogP contribution in [0, 0.1) is 0 Å². The topological polar surface area (TPSA) is 48.5 Å². The quantitative estimate of drug-likeness (QED) is 0.207. The van der Waals surface area contributed by atoms with Crippen molar-refractivity contribution in [3.8, 4) is 22.8 Å². The van der Waals surface area contributed by atoms with Gasteiger partial charge in [0.2, 0.25) is 0 Å². The third kappa shape index (κ3) is 3.54. The Hall–Kier alpha value is -6.33. The van der Waals surface area contributed by atoms with E-state index in [1.807, 2.05) is 12.1 Å². The maximum Gasteiger partial charge on any atom is 0.178 e. The summed E-state index contributed by atoms with van der Waals surface area (Å²) in [6.45, 7) is 0. The largest absolute Gasteiger partial charge is 0.309 e. The molecule has 0 aliphatic carbocycles. The van der Waals surface area contributed by atoms with E-state index in [0.717, 1.165) is 50.3 Å². The third-order valence-electron chi connectivity index (χ3n) is 9.14. The molecule has 0 aliphatic heterocycles. The normalized spacial score (nSPS) is 11.9. The van der Waals surface area contributed by atoms with Crippen LogP contribution in [0.3, 0.4) is 0 Å². The Labute approximate surface area is 263 Å². The summed E-state index contributed by atoms with van der Waals surface area (Å²) in [4.78, 5) is 15.4. The molecule has 0 N–H and O–H groups in total. The lowest BCUT2D eigenvalue weighted by atomic mass is 10.1. The van der Waals surface area contributed by atoms with E-state index in [9.17, 15) is 0 Å². The summed E-state index contributed by atoms with van der Waals surface area (Å²) in [6, 6.07) is 51.3. The van der Waals surface area contributed by atoms with Gasteiger partial charge in [0.25, 0.3) is 0 Å². The molecule has 0 unspecified atom stereocenters. The van der Waals surface area contributed by atoms with E-state index in [0.29, 0.717) is 5.65 Å². The van der Waals surface area contributed by atoms with E-state index < -0.39 is 0 Å². The van der Waals surface area contributed by atoms with Crippen LogP contribution in [0.4, 0.5) is 0 Å². The fraction of sp³-hybridized carbons (Fsp3) is 0. The molecule has 0 bridgehead atoms. The van der Waals surface area contributed by atoms with E-state index in [-0.39, 0.29) is 0 Å². The van der Waals surface area contributed by atoms with E-state index in [1.54, 1.807) is 6.20 Å². The average molecular weight is 588 g/mol. The lowest BCUT2D eigenvalue weighted by Gasteiger charge is -2.16. The van der Waals surface area contributed by atoms with Gasteiger partial charge in [0.15, 0.2) is 11.5 Å². The van der Waals surface area contributed by atoms with E-state index in [4.69, 9.17) is 9.97 Å². The summed E-state index contributed by atoms with van der Waals surface area (Å²) >= 11 is 0. The molecule has 4 heterocycles. The molecule has 5 heteroatoms. The van der Waals surface area contributed by atoms with Gasteiger partial charge in [-0.3, -0.25) is 4.57 Å². The number of nitrogens with zero attached hydrogens (tertiary/aromatic N) is 5. The van der Waals surface area contributed by atoms with Crippen molar-refractivity contribution in [3.63, 3.8) is 0 Å². The molecule has 4 aromatic heterocycles. The van der Waals surface area contributed by atoms with Crippen LogP contribution in [-0.2, 0) is 0 Å².